The van der Waals surface area contributed by atoms with E-state index in [9.17, 15) is 9.18 Å². The van der Waals surface area contributed by atoms with E-state index >= 15 is 0 Å². The van der Waals surface area contributed by atoms with Crippen molar-refractivity contribution in [2.45, 2.75) is 19.6 Å². The minimum Gasteiger partial charge on any atom is -0.371 e. The van der Waals surface area contributed by atoms with Crippen LogP contribution in [-0.2, 0) is 11.3 Å². The molecular weight excluding hydrogens is 435 g/mol. The molecule has 1 atom stereocenters. The SMILES string of the molecule is Cc1cc(Cl)c(-n2ncccc2=O)cc1Nc1nnc2n1C(c1ccc(F)cc1)COC2. The third-order valence-corrected chi connectivity index (χ3v) is 5.63. The average Bonchev–Trinajstić information content (AvgIpc) is 3.20. The Morgan fingerprint density at radius 3 is 2.78 bits per heavy atom. The third-order valence-electron chi connectivity index (χ3n) is 5.32. The van der Waals surface area contributed by atoms with Crippen molar-refractivity contribution < 1.29 is 9.13 Å². The first kappa shape index (κ1) is 20.3. The van der Waals surface area contributed by atoms with Crippen LogP contribution >= 0.6 is 11.6 Å². The van der Waals surface area contributed by atoms with Gasteiger partial charge in [-0.2, -0.15) is 9.78 Å². The van der Waals surface area contributed by atoms with Crippen molar-refractivity contribution >= 4 is 23.2 Å². The maximum Gasteiger partial charge on any atom is 0.271 e. The molecule has 0 spiro atoms. The van der Waals surface area contributed by atoms with Crippen molar-refractivity contribution in [1.82, 2.24) is 24.5 Å². The number of benzene rings is 2. The summed E-state index contributed by atoms with van der Waals surface area (Å²) in [6.45, 7) is 2.62. The molecule has 2 aromatic heterocycles. The van der Waals surface area contributed by atoms with E-state index < -0.39 is 0 Å². The van der Waals surface area contributed by atoms with Gasteiger partial charge >= 0.3 is 0 Å². The van der Waals surface area contributed by atoms with Gasteiger partial charge in [0.15, 0.2) is 5.82 Å². The average molecular weight is 453 g/mol. The summed E-state index contributed by atoms with van der Waals surface area (Å²) in [6.07, 6.45) is 1.52. The Morgan fingerprint density at radius 1 is 1.19 bits per heavy atom. The van der Waals surface area contributed by atoms with Gasteiger partial charge in [0.25, 0.3) is 5.56 Å². The third kappa shape index (κ3) is 3.65. The molecule has 162 valence electrons. The zero-order valence-electron chi connectivity index (χ0n) is 17.0. The first-order valence-corrected chi connectivity index (χ1v) is 10.3. The van der Waals surface area contributed by atoms with Crippen LogP contribution in [0.15, 0.2) is 59.5 Å². The summed E-state index contributed by atoms with van der Waals surface area (Å²) in [4.78, 5) is 12.3. The Hall–Kier alpha value is -3.56. The number of rotatable bonds is 4. The number of hydrogen-bond donors (Lipinski definition) is 1. The second-order valence-electron chi connectivity index (χ2n) is 7.41. The fourth-order valence-corrected chi connectivity index (χ4v) is 4.02. The van der Waals surface area contributed by atoms with Crippen molar-refractivity contribution in [3.63, 3.8) is 0 Å². The van der Waals surface area contributed by atoms with E-state index in [1.54, 1.807) is 30.3 Å². The second kappa shape index (κ2) is 8.18. The Labute approximate surface area is 187 Å². The van der Waals surface area contributed by atoms with E-state index in [1.807, 2.05) is 11.5 Å². The zero-order chi connectivity index (χ0) is 22.2. The van der Waals surface area contributed by atoms with Gasteiger partial charge in [0.2, 0.25) is 5.95 Å². The Bertz CT molecular complexity index is 1350. The number of anilines is 2. The molecule has 0 bridgehead atoms. The van der Waals surface area contributed by atoms with Crippen molar-refractivity contribution in [3.05, 3.63) is 92.9 Å². The molecule has 1 aliphatic rings. The Kier molecular flexibility index (Phi) is 5.20. The highest BCUT2D eigenvalue weighted by molar-refractivity contribution is 6.32. The molecular formula is C22H18ClFN6O2. The fraction of sp³-hybridized carbons (Fsp3) is 0.182. The summed E-state index contributed by atoms with van der Waals surface area (Å²) in [5.41, 5.74) is 2.58. The van der Waals surface area contributed by atoms with Crippen LogP contribution < -0.4 is 10.9 Å². The van der Waals surface area contributed by atoms with Gasteiger partial charge in [-0.1, -0.05) is 23.7 Å². The number of ether oxygens (including phenoxy) is 1. The quantitative estimate of drug-likeness (QED) is 0.507. The van der Waals surface area contributed by atoms with Crippen molar-refractivity contribution in [2.75, 3.05) is 11.9 Å². The highest BCUT2D eigenvalue weighted by Crippen LogP contribution is 2.32. The van der Waals surface area contributed by atoms with Gasteiger partial charge in [0, 0.05) is 18.0 Å². The highest BCUT2D eigenvalue weighted by Gasteiger charge is 2.27. The smallest absolute Gasteiger partial charge is 0.271 e. The van der Waals surface area contributed by atoms with E-state index in [4.69, 9.17) is 16.3 Å². The molecule has 1 unspecified atom stereocenters. The van der Waals surface area contributed by atoms with E-state index in [0.29, 0.717) is 41.4 Å². The van der Waals surface area contributed by atoms with Crippen LogP contribution in [0.2, 0.25) is 5.02 Å². The summed E-state index contributed by atoms with van der Waals surface area (Å²) < 4.78 is 22.3. The molecule has 8 nitrogen and oxygen atoms in total. The minimum atomic E-state index is -0.304. The first-order valence-electron chi connectivity index (χ1n) is 9.90. The summed E-state index contributed by atoms with van der Waals surface area (Å²) >= 11 is 6.41. The molecule has 10 heteroatoms. The van der Waals surface area contributed by atoms with E-state index in [1.165, 1.54) is 29.1 Å². The van der Waals surface area contributed by atoms with Crippen LogP contribution in [0.1, 0.15) is 23.0 Å². The topological polar surface area (TPSA) is 86.9 Å². The number of halogens is 2. The fourth-order valence-electron chi connectivity index (χ4n) is 3.72. The lowest BCUT2D eigenvalue weighted by Gasteiger charge is -2.27. The number of nitrogens with zero attached hydrogens (tertiary/aromatic N) is 5. The summed E-state index contributed by atoms with van der Waals surface area (Å²) in [5, 5.41) is 16.4. The van der Waals surface area contributed by atoms with E-state index in [0.717, 1.165) is 11.1 Å². The van der Waals surface area contributed by atoms with Gasteiger partial charge in [0.1, 0.15) is 12.4 Å². The summed E-state index contributed by atoms with van der Waals surface area (Å²) in [6, 6.07) is 12.6. The molecule has 0 saturated heterocycles. The predicted molar refractivity (Wildman–Crippen MR) is 117 cm³/mol. The van der Waals surface area contributed by atoms with Crippen LogP contribution in [0.25, 0.3) is 5.69 Å². The molecule has 0 radical (unpaired) electrons. The van der Waals surface area contributed by atoms with Crippen LogP contribution in [0.3, 0.4) is 0 Å². The number of hydrogen-bond acceptors (Lipinski definition) is 6. The molecule has 0 fully saturated rings. The molecule has 0 aliphatic carbocycles. The maximum atomic E-state index is 13.4. The molecule has 2 aromatic carbocycles. The molecule has 1 aliphatic heterocycles. The van der Waals surface area contributed by atoms with Crippen LogP contribution in [-0.4, -0.2) is 31.2 Å². The maximum absolute atomic E-state index is 13.4. The van der Waals surface area contributed by atoms with Crippen molar-refractivity contribution in [1.29, 1.82) is 0 Å². The van der Waals surface area contributed by atoms with Gasteiger partial charge in [-0.15, -0.1) is 10.2 Å². The lowest BCUT2D eigenvalue weighted by Crippen LogP contribution is -2.26. The Morgan fingerprint density at radius 2 is 2.00 bits per heavy atom. The molecule has 1 N–H and O–H groups in total. The molecule has 3 heterocycles. The molecule has 32 heavy (non-hydrogen) atoms. The number of nitrogens with one attached hydrogen (secondary N) is 1. The zero-order valence-corrected chi connectivity index (χ0v) is 17.8. The van der Waals surface area contributed by atoms with Crippen LogP contribution in [0.4, 0.5) is 16.0 Å². The van der Waals surface area contributed by atoms with Crippen molar-refractivity contribution in [3.8, 4) is 5.69 Å². The van der Waals surface area contributed by atoms with Gasteiger partial charge in [0.05, 0.1) is 23.4 Å². The van der Waals surface area contributed by atoms with Gasteiger partial charge in [-0.05, 0) is 48.4 Å². The van der Waals surface area contributed by atoms with Crippen LogP contribution in [0, 0.1) is 12.7 Å². The number of aromatic nitrogens is 5. The second-order valence-corrected chi connectivity index (χ2v) is 7.82. The lowest BCUT2D eigenvalue weighted by atomic mass is 10.1. The summed E-state index contributed by atoms with van der Waals surface area (Å²) in [5.74, 6) is 0.852. The summed E-state index contributed by atoms with van der Waals surface area (Å²) in [7, 11) is 0. The molecule has 0 amide bonds. The van der Waals surface area contributed by atoms with E-state index in [2.05, 4.69) is 20.6 Å². The largest absolute Gasteiger partial charge is 0.371 e. The number of fused-ring (bicyclic) bond motifs is 1. The normalized spacial score (nSPS) is 15.4. The lowest BCUT2D eigenvalue weighted by molar-refractivity contribution is 0.0670. The first-order chi connectivity index (χ1) is 15.5. The monoisotopic (exact) mass is 452 g/mol. The van der Waals surface area contributed by atoms with Gasteiger partial charge in [-0.3, -0.25) is 9.36 Å². The minimum absolute atomic E-state index is 0.220. The van der Waals surface area contributed by atoms with Gasteiger partial charge < -0.3 is 10.1 Å². The number of aryl methyl sites for hydroxylation is 1. The van der Waals surface area contributed by atoms with Crippen molar-refractivity contribution in [2.24, 2.45) is 0 Å². The Balaban J connectivity index is 1.55. The molecule has 5 rings (SSSR count). The highest BCUT2D eigenvalue weighted by atomic mass is 35.5. The standard InChI is InChI=1S/C22H18ClFN6O2/c1-13-9-16(23)18(30-21(31)3-2-8-25-30)10-17(13)26-22-28-27-20-12-32-11-19(29(20)22)14-4-6-15(24)7-5-14/h2-10,19H,11-12H2,1H3,(H,26,28). The van der Waals surface area contributed by atoms with Gasteiger partial charge in [-0.25, -0.2) is 4.39 Å². The molecule has 0 saturated carbocycles. The molecule has 4 aromatic rings. The van der Waals surface area contributed by atoms with E-state index in [-0.39, 0.29) is 17.4 Å². The van der Waals surface area contributed by atoms with Crippen LogP contribution in [0.5, 0.6) is 0 Å². The predicted octanol–water partition coefficient (Wildman–Crippen LogP) is 3.79.